The topological polar surface area (TPSA) is 34.4 Å². The van der Waals surface area contributed by atoms with Crippen LogP contribution in [0.2, 0.25) is 0 Å². The molecule has 3 nitrogen and oxygen atoms in total. The molecule has 20 heavy (non-hydrogen) atoms. The van der Waals surface area contributed by atoms with Crippen LogP contribution in [0.1, 0.15) is 58.6 Å². The molecule has 0 amide bonds. The summed E-state index contributed by atoms with van der Waals surface area (Å²) >= 11 is 0. The molecule has 0 saturated carbocycles. The number of rotatable bonds is 6. The summed E-state index contributed by atoms with van der Waals surface area (Å²) in [6.45, 7) is 12.0. The summed E-state index contributed by atoms with van der Waals surface area (Å²) in [4.78, 5) is 0. The van der Waals surface area contributed by atoms with Gasteiger partial charge >= 0.3 is 0 Å². The summed E-state index contributed by atoms with van der Waals surface area (Å²) in [5.74, 6) is 3.13. The molecule has 3 heteroatoms. The van der Waals surface area contributed by atoms with Gasteiger partial charge in [-0.3, -0.25) is 0 Å². The van der Waals surface area contributed by atoms with Crippen molar-refractivity contribution in [2.75, 3.05) is 6.54 Å². The molecule has 1 aliphatic rings. The Labute approximate surface area is 123 Å². The fourth-order valence-corrected chi connectivity index (χ4v) is 3.35. The molecule has 1 saturated heterocycles. The van der Waals surface area contributed by atoms with E-state index in [0.29, 0.717) is 17.9 Å². The Kier molecular flexibility index (Phi) is 5.28. The average Bonchev–Trinajstić information content (AvgIpc) is 2.99. The van der Waals surface area contributed by atoms with E-state index in [-0.39, 0.29) is 12.1 Å². The van der Waals surface area contributed by atoms with Crippen LogP contribution in [0.25, 0.3) is 0 Å². The highest BCUT2D eigenvalue weighted by Crippen LogP contribution is 2.41. The fraction of sp³-hybridized carbons (Fsp3) is 0.765. The third-order valence-electron chi connectivity index (χ3n) is 4.66. The minimum atomic E-state index is 0.255. The van der Waals surface area contributed by atoms with Gasteiger partial charge in [0.1, 0.15) is 11.5 Å². The Hall–Kier alpha value is -0.800. The van der Waals surface area contributed by atoms with E-state index in [0.717, 1.165) is 30.9 Å². The average molecular weight is 279 g/mol. The monoisotopic (exact) mass is 279 g/mol. The number of hydrogen-bond donors (Lipinski definition) is 1. The Morgan fingerprint density at radius 2 is 1.90 bits per heavy atom. The number of furan rings is 1. The molecule has 2 heterocycles. The Bertz CT molecular complexity index is 415. The van der Waals surface area contributed by atoms with Crippen molar-refractivity contribution in [3.63, 3.8) is 0 Å². The summed E-state index contributed by atoms with van der Waals surface area (Å²) < 4.78 is 12.0. The van der Waals surface area contributed by atoms with Crippen molar-refractivity contribution in [2.45, 2.75) is 65.7 Å². The van der Waals surface area contributed by atoms with Crippen LogP contribution in [-0.4, -0.2) is 18.8 Å². The van der Waals surface area contributed by atoms with Gasteiger partial charge in [-0.25, -0.2) is 0 Å². The van der Waals surface area contributed by atoms with E-state index in [1.165, 1.54) is 0 Å². The number of ether oxygens (including phenoxy) is 1. The molecular formula is C17H29NO2. The Morgan fingerprint density at radius 3 is 2.40 bits per heavy atom. The first kappa shape index (κ1) is 15.6. The fourth-order valence-electron chi connectivity index (χ4n) is 3.35. The zero-order valence-electron chi connectivity index (χ0n) is 13.5. The molecule has 5 unspecified atom stereocenters. The van der Waals surface area contributed by atoms with Crippen LogP contribution in [0.4, 0.5) is 0 Å². The Morgan fingerprint density at radius 1 is 1.15 bits per heavy atom. The lowest BCUT2D eigenvalue weighted by Gasteiger charge is -2.28. The van der Waals surface area contributed by atoms with Crippen LogP contribution in [0.5, 0.6) is 0 Å². The minimum absolute atomic E-state index is 0.255. The van der Waals surface area contributed by atoms with Gasteiger partial charge in [0.25, 0.3) is 0 Å². The second-order valence-corrected chi connectivity index (χ2v) is 6.07. The molecule has 114 valence electrons. The molecule has 1 N–H and O–H groups in total. The number of hydrogen-bond acceptors (Lipinski definition) is 3. The third kappa shape index (κ3) is 3.09. The highest BCUT2D eigenvalue weighted by molar-refractivity contribution is 5.13. The van der Waals surface area contributed by atoms with Crippen molar-refractivity contribution in [1.82, 2.24) is 5.32 Å². The van der Waals surface area contributed by atoms with Crippen molar-refractivity contribution in [3.05, 3.63) is 23.7 Å². The van der Waals surface area contributed by atoms with E-state index in [9.17, 15) is 0 Å². The molecule has 0 aliphatic carbocycles. The summed E-state index contributed by atoms with van der Waals surface area (Å²) in [5, 5.41) is 3.67. The first-order chi connectivity index (χ1) is 9.58. The first-order valence-electron chi connectivity index (χ1n) is 8.05. The largest absolute Gasteiger partial charge is 0.464 e. The molecule has 2 rings (SSSR count). The first-order valence-corrected chi connectivity index (χ1v) is 8.05. The maximum absolute atomic E-state index is 6.02. The van der Waals surface area contributed by atoms with E-state index < -0.39 is 0 Å². The SMILES string of the molecule is CCCNC(c1ccc(CC)o1)C1C(C)OC(C)C1C. The Balaban J connectivity index is 2.22. The van der Waals surface area contributed by atoms with E-state index in [1.807, 2.05) is 0 Å². The van der Waals surface area contributed by atoms with E-state index in [4.69, 9.17) is 9.15 Å². The molecule has 1 fully saturated rings. The molecule has 5 atom stereocenters. The predicted octanol–water partition coefficient (Wildman–Crippen LogP) is 3.94. The number of aryl methyl sites for hydroxylation is 1. The van der Waals surface area contributed by atoms with Crippen molar-refractivity contribution in [2.24, 2.45) is 11.8 Å². The number of nitrogens with one attached hydrogen (secondary N) is 1. The zero-order chi connectivity index (χ0) is 14.7. The van der Waals surface area contributed by atoms with Crippen LogP contribution in [-0.2, 0) is 11.2 Å². The molecule has 0 spiro atoms. The van der Waals surface area contributed by atoms with Crippen LogP contribution < -0.4 is 5.32 Å². The molecule has 1 aromatic heterocycles. The van der Waals surface area contributed by atoms with Gasteiger partial charge < -0.3 is 14.5 Å². The van der Waals surface area contributed by atoms with Crippen molar-refractivity contribution < 1.29 is 9.15 Å². The predicted molar refractivity (Wildman–Crippen MR) is 81.8 cm³/mol. The summed E-state index contributed by atoms with van der Waals surface area (Å²) in [6.07, 6.45) is 2.67. The smallest absolute Gasteiger partial charge is 0.121 e. The van der Waals surface area contributed by atoms with E-state index >= 15 is 0 Å². The van der Waals surface area contributed by atoms with Crippen LogP contribution in [0, 0.1) is 11.8 Å². The van der Waals surface area contributed by atoms with Gasteiger partial charge in [-0.05, 0) is 44.9 Å². The maximum Gasteiger partial charge on any atom is 0.121 e. The van der Waals surface area contributed by atoms with Crippen LogP contribution >= 0.6 is 0 Å². The molecule has 1 aromatic rings. The van der Waals surface area contributed by atoms with Crippen LogP contribution in [0.15, 0.2) is 16.5 Å². The highest BCUT2D eigenvalue weighted by atomic mass is 16.5. The van der Waals surface area contributed by atoms with Gasteiger partial charge in [0, 0.05) is 12.3 Å². The summed E-state index contributed by atoms with van der Waals surface area (Å²) in [6, 6.07) is 4.49. The molecule has 0 radical (unpaired) electrons. The maximum atomic E-state index is 6.02. The highest BCUT2D eigenvalue weighted by Gasteiger charge is 2.43. The van der Waals surface area contributed by atoms with Crippen molar-refractivity contribution in [1.29, 1.82) is 0 Å². The second kappa shape index (κ2) is 6.77. The minimum Gasteiger partial charge on any atom is -0.464 e. The molecule has 0 aromatic carbocycles. The molecular weight excluding hydrogens is 250 g/mol. The van der Waals surface area contributed by atoms with Gasteiger partial charge in [-0.1, -0.05) is 20.8 Å². The quantitative estimate of drug-likeness (QED) is 0.856. The van der Waals surface area contributed by atoms with Gasteiger partial charge in [0.2, 0.25) is 0 Å². The van der Waals surface area contributed by atoms with Gasteiger partial charge in [-0.15, -0.1) is 0 Å². The van der Waals surface area contributed by atoms with Gasteiger partial charge in [0.15, 0.2) is 0 Å². The van der Waals surface area contributed by atoms with E-state index in [1.54, 1.807) is 0 Å². The lowest BCUT2D eigenvalue weighted by molar-refractivity contribution is 0.0464. The summed E-state index contributed by atoms with van der Waals surface area (Å²) in [5.41, 5.74) is 0. The van der Waals surface area contributed by atoms with Gasteiger partial charge in [-0.2, -0.15) is 0 Å². The zero-order valence-corrected chi connectivity index (χ0v) is 13.5. The molecule has 1 aliphatic heterocycles. The lowest BCUT2D eigenvalue weighted by atomic mass is 9.82. The second-order valence-electron chi connectivity index (χ2n) is 6.07. The third-order valence-corrected chi connectivity index (χ3v) is 4.66. The normalized spacial score (nSPS) is 31.6. The van der Waals surface area contributed by atoms with E-state index in [2.05, 4.69) is 52.1 Å². The van der Waals surface area contributed by atoms with Gasteiger partial charge in [0.05, 0.1) is 18.2 Å². The van der Waals surface area contributed by atoms with Crippen molar-refractivity contribution >= 4 is 0 Å². The van der Waals surface area contributed by atoms with Crippen LogP contribution in [0.3, 0.4) is 0 Å². The molecule has 0 bridgehead atoms. The lowest BCUT2D eigenvalue weighted by Crippen LogP contribution is -2.35. The standard InChI is InChI=1S/C17H29NO2/c1-6-10-18-17(15-9-8-14(7-2)20-15)16-11(3)12(4)19-13(16)5/h8-9,11-13,16-18H,6-7,10H2,1-5H3. The summed E-state index contributed by atoms with van der Waals surface area (Å²) in [7, 11) is 0. The van der Waals surface area contributed by atoms with Crippen molar-refractivity contribution in [3.8, 4) is 0 Å².